The number of anilines is 1. The second-order valence-corrected chi connectivity index (χ2v) is 5.31. The molecule has 1 atom stereocenters. The number of nitrogens with one attached hydrogen (secondary N) is 2. The summed E-state index contributed by atoms with van der Waals surface area (Å²) in [4.78, 5) is 18.8. The van der Waals surface area contributed by atoms with Crippen LogP contribution in [0.5, 0.6) is 0 Å². The third-order valence-electron chi connectivity index (χ3n) is 3.81. The van der Waals surface area contributed by atoms with Gasteiger partial charge in [0.2, 0.25) is 0 Å². The Bertz CT molecular complexity index is 443. The van der Waals surface area contributed by atoms with Gasteiger partial charge in [-0.2, -0.15) is 0 Å². The maximum Gasteiger partial charge on any atom is 0.270 e. The van der Waals surface area contributed by atoms with E-state index in [2.05, 4.69) is 27.4 Å². The molecule has 5 nitrogen and oxygen atoms in total. The number of piperidine rings is 1. The summed E-state index contributed by atoms with van der Waals surface area (Å²) in [5, 5.41) is 5.92. The van der Waals surface area contributed by atoms with Crippen molar-refractivity contribution in [3.05, 3.63) is 23.9 Å². The van der Waals surface area contributed by atoms with E-state index in [1.54, 1.807) is 13.1 Å². The van der Waals surface area contributed by atoms with E-state index in [9.17, 15) is 4.79 Å². The van der Waals surface area contributed by atoms with Crippen molar-refractivity contribution in [2.24, 2.45) is 0 Å². The van der Waals surface area contributed by atoms with Crippen molar-refractivity contribution in [3.8, 4) is 0 Å². The highest BCUT2D eigenvalue weighted by molar-refractivity contribution is 5.92. The summed E-state index contributed by atoms with van der Waals surface area (Å²) in [7, 11) is 1.79. The lowest BCUT2D eigenvalue weighted by Crippen LogP contribution is -2.44. The van der Waals surface area contributed by atoms with Gasteiger partial charge in [0.25, 0.3) is 5.91 Å². The van der Waals surface area contributed by atoms with Crippen LogP contribution in [-0.2, 0) is 0 Å². The van der Waals surface area contributed by atoms with Gasteiger partial charge in [0.1, 0.15) is 11.5 Å². The minimum absolute atomic E-state index is 0.106. The summed E-state index contributed by atoms with van der Waals surface area (Å²) < 4.78 is 0. The SMILES string of the molecule is CNc1cccc(C(=O)NCC(C)N2CCCCC2)n1. The van der Waals surface area contributed by atoms with Crippen molar-refractivity contribution in [2.75, 3.05) is 32.0 Å². The Morgan fingerprint density at radius 2 is 2.10 bits per heavy atom. The molecule has 1 saturated heterocycles. The lowest BCUT2D eigenvalue weighted by atomic mass is 10.1. The van der Waals surface area contributed by atoms with Crippen LogP contribution in [0.3, 0.4) is 0 Å². The summed E-state index contributed by atoms with van der Waals surface area (Å²) in [6, 6.07) is 5.79. The largest absolute Gasteiger partial charge is 0.373 e. The average Bonchev–Trinajstić information content (AvgIpc) is 2.53. The predicted octanol–water partition coefficient (Wildman–Crippen LogP) is 1.73. The first-order valence-corrected chi connectivity index (χ1v) is 7.38. The molecule has 110 valence electrons. The van der Waals surface area contributed by atoms with E-state index in [-0.39, 0.29) is 5.91 Å². The molecular weight excluding hydrogens is 252 g/mol. The normalized spacial score (nSPS) is 17.5. The molecule has 1 aliphatic heterocycles. The summed E-state index contributed by atoms with van der Waals surface area (Å²) in [5.74, 6) is 0.604. The number of hydrogen-bond acceptors (Lipinski definition) is 4. The Morgan fingerprint density at radius 1 is 1.35 bits per heavy atom. The van der Waals surface area contributed by atoms with Gasteiger partial charge in [-0.25, -0.2) is 4.98 Å². The molecule has 5 heteroatoms. The van der Waals surface area contributed by atoms with Gasteiger partial charge in [-0.15, -0.1) is 0 Å². The van der Waals surface area contributed by atoms with Crippen molar-refractivity contribution in [1.82, 2.24) is 15.2 Å². The van der Waals surface area contributed by atoms with Crippen LogP contribution in [0.4, 0.5) is 5.82 Å². The van der Waals surface area contributed by atoms with Crippen LogP contribution >= 0.6 is 0 Å². The Balaban J connectivity index is 1.84. The van der Waals surface area contributed by atoms with E-state index in [0.29, 0.717) is 24.1 Å². The van der Waals surface area contributed by atoms with Crippen LogP contribution in [0.1, 0.15) is 36.7 Å². The van der Waals surface area contributed by atoms with E-state index in [4.69, 9.17) is 0 Å². The third-order valence-corrected chi connectivity index (χ3v) is 3.81. The van der Waals surface area contributed by atoms with E-state index < -0.39 is 0 Å². The molecule has 0 aliphatic carbocycles. The fourth-order valence-electron chi connectivity index (χ4n) is 2.52. The number of aromatic nitrogens is 1. The van der Waals surface area contributed by atoms with Gasteiger partial charge in [0.05, 0.1) is 0 Å². The molecule has 0 aromatic carbocycles. The number of likely N-dealkylation sites (tertiary alicyclic amines) is 1. The molecule has 0 bridgehead atoms. The van der Waals surface area contributed by atoms with Crippen LogP contribution in [0.25, 0.3) is 0 Å². The number of hydrogen-bond donors (Lipinski definition) is 2. The highest BCUT2D eigenvalue weighted by Crippen LogP contribution is 2.11. The Hall–Kier alpha value is -1.62. The maximum atomic E-state index is 12.1. The van der Waals surface area contributed by atoms with Gasteiger partial charge in [-0.05, 0) is 45.0 Å². The Labute approximate surface area is 120 Å². The van der Waals surface area contributed by atoms with Gasteiger partial charge in [0.15, 0.2) is 0 Å². The first-order valence-electron chi connectivity index (χ1n) is 7.38. The van der Waals surface area contributed by atoms with Gasteiger partial charge < -0.3 is 10.6 Å². The fourth-order valence-corrected chi connectivity index (χ4v) is 2.52. The van der Waals surface area contributed by atoms with Gasteiger partial charge in [0, 0.05) is 19.6 Å². The molecule has 2 heterocycles. The number of rotatable bonds is 5. The lowest BCUT2D eigenvalue weighted by Gasteiger charge is -2.32. The predicted molar refractivity (Wildman–Crippen MR) is 81.0 cm³/mol. The molecule has 20 heavy (non-hydrogen) atoms. The number of carbonyl (C=O) groups excluding carboxylic acids is 1. The summed E-state index contributed by atoms with van der Waals surface area (Å²) in [6.45, 7) is 5.13. The zero-order chi connectivity index (χ0) is 14.4. The van der Waals surface area contributed by atoms with Crippen molar-refractivity contribution >= 4 is 11.7 Å². The Morgan fingerprint density at radius 3 is 2.80 bits per heavy atom. The number of nitrogens with zero attached hydrogens (tertiary/aromatic N) is 2. The molecule has 1 aromatic rings. The van der Waals surface area contributed by atoms with Gasteiger partial charge in [-0.3, -0.25) is 9.69 Å². The minimum atomic E-state index is -0.106. The van der Waals surface area contributed by atoms with Crippen molar-refractivity contribution < 1.29 is 4.79 Å². The van der Waals surface area contributed by atoms with Crippen molar-refractivity contribution in [2.45, 2.75) is 32.2 Å². The second-order valence-electron chi connectivity index (χ2n) is 5.31. The maximum absolute atomic E-state index is 12.1. The monoisotopic (exact) mass is 276 g/mol. The molecular formula is C15H24N4O. The standard InChI is InChI=1S/C15H24N4O/c1-12(19-9-4-3-5-10-19)11-17-15(20)13-7-6-8-14(16-2)18-13/h6-8,12H,3-5,9-11H2,1-2H3,(H,16,18)(H,17,20). The van der Waals surface area contributed by atoms with Crippen molar-refractivity contribution in [1.29, 1.82) is 0 Å². The highest BCUT2D eigenvalue weighted by atomic mass is 16.1. The quantitative estimate of drug-likeness (QED) is 0.860. The van der Waals surface area contributed by atoms with Gasteiger partial charge >= 0.3 is 0 Å². The molecule has 0 spiro atoms. The third kappa shape index (κ3) is 3.93. The molecule has 1 unspecified atom stereocenters. The topological polar surface area (TPSA) is 57.3 Å². The molecule has 2 N–H and O–H groups in total. The lowest BCUT2D eigenvalue weighted by molar-refractivity contribution is 0.0925. The Kier molecular flexibility index (Phi) is 5.35. The minimum Gasteiger partial charge on any atom is -0.373 e. The van der Waals surface area contributed by atoms with Crippen molar-refractivity contribution in [3.63, 3.8) is 0 Å². The molecule has 0 radical (unpaired) electrons. The summed E-state index contributed by atoms with van der Waals surface area (Å²) in [6.07, 6.45) is 3.87. The first-order chi connectivity index (χ1) is 9.70. The highest BCUT2D eigenvalue weighted by Gasteiger charge is 2.17. The fraction of sp³-hybridized carbons (Fsp3) is 0.600. The molecule has 2 rings (SSSR count). The van der Waals surface area contributed by atoms with Crippen LogP contribution in [0.2, 0.25) is 0 Å². The zero-order valence-corrected chi connectivity index (χ0v) is 12.4. The molecule has 1 aliphatic rings. The van der Waals surface area contributed by atoms with E-state index in [0.717, 1.165) is 13.1 Å². The summed E-state index contributed by atoms with van der Waals surface area (Å²) in [5.41, 5.74) is 0.461. The molecule has 1 aromatic heterocycles. The number of amides is 1. The number of pyridine rings is 1. The van der Waals surface area contributed by atoms with E-state index in [1.807, 2.05) is 12.1 Å². The van der Waals surface area contributed by atoms with Crippen LogP contribution < -0.4 is 10.6 Å². The molecule has 0 saturated carbocycles. The molecule has 1 amide bonds. The second kappa shape index (κ2) is 7.24. The first kappa shape index (κ1) is 14.8. The average molecular weight is 276 g/mol. The van der Waals surface area contributed by atoms with Crippen LogP contribution in [0.15, 0.2) is 18.2 Å². The van der Waals surface area contributed by atoms with E-state index >= 15 is 0 Å². The van der Waals surface area contributed by atoms with E-state index in [1.165, 1.54) is 19.3 Å². The molecule has 1 fully saturated rings. The van der Waals surface area contributed by atoms with Crippen LogP contribution in [0, 0.1) is 0 Å². The van der Waals surface area contributed by atoms with Gasteiger partial charge in [-0.1, -0.05) is 12.5 Å². The summed E-state index contributed by atoms with van der Waals surface area (Å²) >= 11 is 0. The zero-order valence-electron chi connectivity index (χ0n) is 12.4. The van der Waals surface area contributed by atoms with Crippen LogP contribution in [-0.4, -0.2) is 48.5 Å². The number of carbonyl (C=O) groups is 1. The smallest absolute Gasteiger partial charge is 0.270 e.